The van der Waals surface area contributed by atoms with Crippen molar-refractivity contribution >= 4 is 34.3 Å². The lowest BCUT2D eigenvalue weighted by atomic mass is 10.1. The van der Waals surface area contributed by atoms with E-state index in [1.165, 1.54) is 30.6 Å². The molecular formula is C30H33ClF2N4O2. The SMILES string of the molecule is O=C(c1ccc2c(c1)cc(C(=O)N1CCC(F)(F)CC1)n2-c1cccc(Cl)c1)N1CCN(C2CCCC2)CC1. The summed E-state index contributed by atoms with van der Waals surface area (Å²) in [6, 6.07) is 15.1. The van der Waals surface area contributed by atoms with Crippen LogP contribution in [0, 0.1) is 0 Å². The first kappa shape index (κ1) is 26.3. The second-order valence-corrected chi connectivity index (χ2v) is 11.5. The van der Waals surface area contributed by atoms with E-state index < -0.39 is 5.92 Å². The van der Waals surface area contributed by atoms with Gasteiger partial charge in [0.05, 0.1) is 5.52 Å². The summed E-state index contributed by atoms with van der Waals surface area (Å²) in [6.45, 7) is 3.22. The minimum Gasteiger partial charge on any atom is -0.337 e. The van der Waals surface area contributed by atoms with Crippen LogP contribution in [-0.2, 0) is 0 Å². The summed E-state index contributed by atoms with van der Waals surface area (Å²) >= 11 is 6.28. The number of likely N-dealkylation sites (tertiary alicyclic amines) is 1. The zero-order valence-corrected chi connectivity index (χ0v) is 22.7. The first-order chi connectivity index (χ1) is 18.8. The van der Waals surface area contributed by atoms with Gasteiger partial charge in [0.1, 0.15) is 5.69 Å². The van der Waals surface area contributed by atoms with Crippen LogP contribution in [0.4, 0.5) is 8.78 Å². The molecule has 3 aliphatic rings. The Kier molecular flexibility index (Phi) is 7.10. The highest BCUT2D eigenvalue weighted by atomic mass is 35.5. The molecule has 1 aromatic heterocycles. The molecule has 1 saturated carbocycles. The topological polar surface area (TPSA) is 48.8 Å². The standard InChI is InChI=1S/C30H33ClF2N4O2/c31-23-4-3-7-25(20-23)37-26-9-8-21(28(38)36-16-14-34(15-17-36)24-5-1-2-6-24)18-22(26)19-27(37)29(39)35-12-10-30(32,33)11-13-35/h3-4,7-9,18-20,24H,1-2,5-6,10-17H2. The van der Waals surface area contributed by atoms with Gasteiger partial charge in [-0.25, -0.2) is 8.78 Å². The lowest BCUT2D eigenvalue weighted by Crippen LogP contribution is -2.51. The minimum atomic E-state index is -2.74. The monoisotopic (exact) mass is 554 g/mol. The highest BCUT2D eigenvalue weighted by Crippen LogP contribution is 2.32. The van der Waals surface area contributed by atoms with Crippen molar-refractivity contribution in [3.8, 4) is 5.69 Å². The van der Waals surface area contributed by atoms with Gasteiger partial charge >= 0.3 is 0 Å². The molecule has 0 radical (unpaired) electrons. The molecule has 0 unspecified atom stereocenters. The van der Waals surface area contributed by atoms with Crippen molar-refractivity contribution in [2.24, 2.45) is 0 Å². The van der Waals surface area contributed by atoms with E-state index >= 15 is 0 Å². The number of piperidine rings is 1. The van der Waals surface area contributed by atoms with Gasteiger partial charge in [-0.15, -0.1) is 0 Å². The van der Waals surface area contributed by atoms with Crippen molar-refractivity contribution < 1.29 is 18.4 Å². The maximum atomic E-state index is 13.8. The van der Waals surface area contributed by atoms with E-state index in [1.54, 1.807) is 18.2 Å². The molecule has 0 N–H and O–H groups in total. The molecule has 39 heavy (non-hydrogen) atoms. The quantitative estimate of drug-likeness (QED) is 0.406. The summed E-state index contributed by atoms with van der Waals surface area (Å²) < 4.78 is 29.4. The first-order valence-corrected chi connectivity index (χ1v) is 14.3. The lowest BCUT2D eigenvalue weighted by molar-refractivity contribution is -0.0495. The van der Waals surface area contributed by atoms with Crippen LogP contribution in [0.15, 0.2) is 48.5 Å². The molecule has 6 rings (SSSR count). The van der Waals surface area contributed by atoms with Crippen LogP contribution < -0.4 is 0 Å². The van der Waals surface area contributed by atoms with Crippen molar-refractivity contribution in [3.05, 3.63) is 64.8 Å². The van der Waals surface area contributed by atoms with Gasteiger partial charge < -0.3 is 14.4 Å². The van der Waals surface area contributed by atoms with Gasteiger partial charge in [0.15, 0.2) is 0 Å². The normalized spacial score (nSPS) is 20.6. The second kappa shape index (κ2) is 10.5. The van der Waals surface area contributed by atoms with Crippen LogP contribution in [0.25, 0.3) is 16.6 Å². The van der Waals surface area contributed by atoms with Gasteiger partial charge in [0, 0.05) is 79.8 Å². The molecule has 6 nitrogen and oxygen atoms in total. The summed E-state index contributed by atoms with van der Waals surface area (Å²) in [5.41, 5.74) is 2.40. The van der Waals surface area contributed by atoms with Crippen LogP contribution >= 0.6 is 11.6 Å². The number of amides is 2. The Labute approximate surface area is 232 Å². The van der Waals surface area contributed by atoms with Crippen LogP contribution in [0.1, 0.15) is 59.4 Å². The van der Waals surface area contributed by atoms with Crippen molar-refractivity contribution in [1.29, 1.82) is 0 Å². The number of nitrogens with zero attached hydrogens (tertiary/aromatic N) is 4. The molecule has 2 saturated heterocycles. The predicted molar refractivity (Wildman–Crippen MR) is 148 cm³/mol. The third-order valence-corrected chi connectivity index (χ3v) is 8.79. The number of hydrogen-bond acceptors (Lipinski definition) is 3. The van der Waals surface area contributed by atoms with Crippen molar-refractivity contribution in [2.75, 3.05) is 39.3 Å². The van der Waals surface area contributed by atoms with Gasteiger partial charge in [-0.2, -0.15) is 0 Å². The number of carbonyl (C=O) groups is 2. The second-order valence-electron chi connectivity index (χ2n) is 11.0. The van der Waals surface area contributed by atoms with E-state index in [0.717, 1.165) is 24.0 Å². The molecule has 3 aromatic rings. The summed E-state index contributed by atoms with van der Waals surface area (Å²) in [6.07, 6.45) is 4.43. The average molecular weight is 555 g/mol. The Balaban J connectivity index is 1.29. The Morgan fingerprint density at radius 3 is 2.21 bits per heavy atom. The Morgan fingerprint density at radius 1 is 0.821 bits per heavy atom. The number of piperazine rings is 1. The first-order valence-electron chi connectivity index (χ1n) is 13.9. The van der Waals surface area contributed by atoms with Crippen LogP contribution in [0.3, 0.4) is 0 Å². The van der Waals surface area contributed by atoms with Gasteiger partial charge in [-0.3, -0.25) is 14.5 Å². The summed E-state index contributed by atoms with van der Waals surface area (Å²) in [7, 11) is 0. The maximum absolute atomic E-state index is 13.8. The smallest absolute Gasteiger partial charge is 0.270 e. The van der Waals surface area contributed by atoms with E-state index in [1.807, 2.05) is 39.8 Å². The lowest BCUT2D eigenvalue weighted by Gasteiger charge is -2.38. The minimum absolute atomic E-state index is 0.000521. The van der Waals surface area contributed by atoms with Gasteiger partial charge in [0.2, 0.25) is 0 Å². The Hall–Kier alpha value is -2.97. The molecule has 2 aromatic carbocycles. The average Bonchev–Trinajstić information content (AvgIpc) is 3.61. The van der Waals surface area contributed by atoms with Crippen molar-refractivity contribution in [3.63, 3.8) is 0 Å². The summed E-state index contributed by atoms with van der Waals surface area (Å²) in [5.74, 6) is -3.06. The van der Waals surface area contributed by atoms with E-state index in [2.05, 4.69) is 4.90 Å². The molecule has 3 heterocycles. The Bertz CT molecular complexity index is 1380. The third kappa shape index (κ3) is 5.29. The van der Waals surface area contributed by atoms with Crippen LogP contribution in [0.2, 0.25) is 5.02 Å². The molecule has 0 spiro atoms. The van der Waals surface area contributed by atoms with Crippen molar-refractivity contribution in [1.82, 2.24) is 19.3 Å². The molecule has 0 bridgehead atoms. The number of benzene rings is 2. The van der Waals surface area contributed by atoms with Crippen molar-refractivity contribution in [2.45, 2.75) is 50.5 Å². The predicted octanol–water partition coefficient (Wildman–Crippen LogP) is 5.86. The van der Waals surface area contributed by atoms with E-state index in [9.17, 15) is 18.4 Å². The molecule has 2 aliphatic heterocycles. The fourth-order valence-electron chi connectivity index (χ4n) is 6.34. The van der Waals surface area contributed by atoms with E-state index in [-0.39, 0.29) is 37.7 Å². The highest BCUT2D eigenvalue weighted by Gasteiger charge is 2.37. The number of carbonyl (C=O) groups excluding carboxylic acids is 2. The Morgan fingerprint density at radius 2 is 1.51 bits per heavy atom. The fourth-order valence-corrected chi connectivity index (χ4v) is 6.52. The molecule has 1 aliphatic carbocycles. The largest absolute Gasteiger partial charge is 0.337 e. The number of alkyl halides is 2. The number of halogens is 3. The molecular weight excluding hydrogens is 522 g/mol. The van der Waals surface area contributed by atoms with Crippen LogP contribution in [0.5, 0.6) is 0 Å². The zero-order chi connectivity index (χ0) is 27.1. The van der Waals surface area contributed by atoms with Gasteiger partial charge in [-0.05, 0) is 55.3 Å². The molecule has 2 amide bonds. The van der Waals surface area contributed by atoms with E-state index in [0.29, 0.717) is 41.1 Å². The number of aromatic nitrogens is 1. The molecule has 206 valence electrons. The number of hydrogen-bond donors (Lipinski definition) is 0. The maximum Gasteiger partial charge on any atom is 0.270 e. The van der Waals surface area contributed by atoms with E-state index in [4.69, 9.17) is 11.6 Å². The fraction of sp³-hybridized carbons (Fsp3) is 0.467. The highest BCUT2D eigenvalue weighted by molar-refractivity contribution is 6.30. The molecule has 3 fully saturated rings. The number of fused-ring (bicyclic) bond motifs is 1. The van der Waals surface area contributed by atoms with Gasteiger partial charge in [0.25, 0.3) is 17.7 Å². The van der Waals surface area contributed by atoms with Gasteiger partial charge in [-0.1, -0.05) is 30.5 Å². The summed E-state index contributed by atoms with van der Waals surface area (Å²) in [4.78, 5) is 33.0. The molecule has 0 atom stereocenters. The number of rotatable bonds is 4. The van der Waals surface area contributed by atoms with Crippen LogP contribution in [-0.4, -0.2) is 82.3 Å². The third-order valence-electron chi connectivity index (χ3n) is 8.56. The zero-order valence-electron chi connectivity index (χ0n) is 21.9. The summed E-state index contributed by atoms with van der Waals surface area (Å²) in [5, 5.41) is 1.27. The molecule has 9 heteroatoms.